The molecule has 32 heavy (non-hydrogen) atoms. The molecule has 0 unspecified atom stereocenters. The van der Waals surface area contributed by atoms with Gasteiger partial charge in [0.25, 0.3) is 0 Å². The zero-order valence-electron chi connectivity index (χ0n) is 18.6. The van der Waals surface area contributed by atoms with Crippen molar-refractivity contribution in [3.8, 4) is 0 Å². The van der Waals surface area contributed by atoms with Crippen LogP contribution in [0.2, 0.25) is 0 Å². The maximum absolute atomic E-state index is 13.7. The van der Waals surface area contributed by atoms with Gasteiger partial charge in [0.1, 0.15) is 5.82 Å². The number of nitrogens with zero attached hydrogens (tertiary/aromatic N) is 3. The first-order valence-corrected chi connectivity index (χ1v) is 12.8. The molecular weight excluding hydrogens is 427 g/mol. The number of rotatable bonds is 8. The van der Waals surface area contributed by atoms with Gasteiger partial charge >= 0.3 is 5.69 Å². The zero-order chi connectivity index (χ0) is 22.3. The van der Waals surface area contributed by atoms with Crippen LogP contribution in [-0.4, -0.2) is 36.9 Å². The van der Waals surface area contributed by atoms with Crippen molar-refractivity contribution in [1.29, 1.82) is 0 Å². The summed E-state index contributed by atoms with van der Waals surface area (Å²) in [6, 6.07) is 6.52. The summed E-state index contributed by atoms with van der Waals surface area (Å²) in [5.41, 5.74) is 0.643. The van der Waals surface area contributed by atoms with Crippen LogP contribution in [0.25, 0.3) is 0 Å². The van der Waals surface area contributed by atoms with Gasteiger partial charge in [-0.25, -0.2) is 14.3 Å². The molecule has 6 rings (SSSR count). The molecule has 4 aliphatic rings. The number of amides is 1. The Morgan fingerprint density at radius 1 is 1.19 bits per heavy atom. The summed E-state index contributed by atoms with van der Waals surface area (Å²) in [5.74, 6) is 2.23. The van der Waals surface area contributed by atoms with Crippen LogP contribution in [0, 0.1) is 23.6 Å². The van der Waals surface area contributed by atoms with Crippen molar-refractivity contribution in [1.82, 2.24) is 19.7 Å². The second kappa shape index (κ2) is 8.69. The Morgan fingerprint density at radius 3 is 2.41 bits per heavy atom. The first kappa shape index (κ1) is 21.7. The number of hydrogen-bond acceptors (Lipinski definition) is 4. The van der Waals surface area contributed by atoms with Gasteiger partial charge in [-0.15, -0.1) is 5.10 Å². The summed E-state index contributed by atoms with van der Waals surface area (Å²) >= 11 is 1.33. The van der Waals surface area contributed by atoms with Gasteiger partial charge in [0, 0.05) is 18.6 Å². The number of nitrogens with one attached hydrogen (secondary N) is 1. The Hall–Kier alpha value is -2.09. The first-order valence-electron chi connectivity index (χ1n) is 11.8. The van der Waals surface area contributed by atoms with Crippen molar-refractivity contribution in [2.24, 2.45) is 17.8 Å². The molecule has 2 aromatic rings. The molecule has 1 heterocycles. The minimum atomic E-state index is -0.260. The first-order chi connectivity index (χ1) is 15.5. The summed E-state index contributed by atoms with van der Waals surface area (Å²) in [6.45, 7) is 3.10. The molecule has 4 saturated carbocycles. The third-order valence-electron chi connectivity index (χ3n) is 7.63. The van der Waals surface area contributed by atoms with E-state index in [0.29, 0.717) is 18.2 Å². The Kier molecular flexibility index (Phi) is 5.90. The molecule has 0 saturated heterocycles. The van der Waals surface area contributed by atoms with E-state index in [9.17, 15) is 14.0 Å². The lowest BCUT2D eigenvalue weighted by atomic mass is 9.52. The molecule has 1 aromatic heterocycles. The van der Waals surface area contributed by atoms with E-state index in [1.165, 1.54) is 43.2 Å². The van der Waals surface area contributed by atoms with Crippen molar-refractivity contribution in [2.75, 3.05) is 5.75 Å². The predicted molar refractivity (Wildman–Crippen MR) is 122 cm³/mol. The van der Waals surface area contributed by atoms with Gasteiger partial charge in [0.2, 0.25) is 5.91 Å². The fraction of sp³-hybridized carbons (Fsp3) is 0.625. The maximum atomic E-state index is 13.7. The summed E-state index contributed by atoms with van der Waals surface area (Å²) in [4.78, 5) is 27.8. The lowest BCUT2D eigenvalue weighted by molar-refractivity contribution is -0.149. The monoisotopic (exact) mass is 458 g/mol. The van der Waals surface area contributed by atoms with Crippen LogP contribution in [0.5, 0.6) is 0 Å². The number of carbonyl (C=O) groups is 1. The SMILES string of the molecule is CCCn1c(SCC(=O)N(Cc2ccc(F)cc2)C23CC4CC(CC(C4)C2)C3)n[nH]c1=O. The summed E-state index contributed by atoms with van der Waals surface area (Å²) < 4.78 is 15.1. The van der Waals surface area contributed by atoms with Crippen molar-refractivity contribution >= 4 is 17.7 Å². The van der Waals surface area contributed by atoms with Gasteiger partial charge in [-0.05, 0) is 80.4 Å². The molecule has 0 aliphatic heterocycles. The van der Waals surface area contributed by atoms with E-state index in [0.717, 1.165) is 49.0 Å². The van der Waals surface area contributed by atoms with Crippen LogP contribution < -0.4 is 5.69 Å². The highest BCUT2D eigenvalue weighted by atomic mass is 32.2. The molecular formula is C24H31FN4O2S. The number of carbonyl (C=O) groups excluding carboxylic acids is 1. The zero-order valence-corrected chi connectivity index (χ0v) is 19.4. The highest BCUT2D eigenvalue weighted by Crippen LogP contribution is 2.58. The number of aromatic amines is 1. The standard InChI is InChI=1S/C24H31FN4O2S/c1-2-7-28-22(31)26-27-23(28)32-15-21(30)29(14-16-3-5-20(25)6-4-16)24-11-17-8-18(12-24)10-19(9-17)13-24/h3-6,17-19H,2,7-15H2,1H3,(H,26,31). The van der Waals surface area contributed by atoms with E-state index in [-0.39, 0.29) is 28.7 Å². The Morgan fingerprint density at radius 2 is 1.81 bits per heavy atom. The van der Waals surface area contributed by atoms with Crippen molar-refractivity contribution in [3.05, 3.63) is 46.1 Å². The van der Waals surface area contributed by atoms with Gasteiger partial charge in [-0.2, -0.15) is 0 Å². The molecule has 1 amide bonds. The van der Waals surface area contributed by atoms with Gasteiger partial charge in [-0.1, -0.05) is 30.8 Å². The number of thioether (sulfide) groups is 1. The van der Waals surface area contributed by atoms with Crippen LogP contribution in [0.15, 0.2) is 34.2 Å². The van der Waals surface area contributed by atoms with E-state index >= 15 is 0 Å². The molecule has 1 N–H and O–H groups in total. The molecule has 0 atom stereocenters. The fourth-order valence-electron chi connectivity index (χ4n) is 6.73. The smallest absolute Gasteiger partial charge is 0.332 e. The lowest BCUT2D eigenvalue weighted by Gasteiger charge is -2.60. The van der Waals surface area contributed by atoms with Gasteiger partial charge in [-0.3, -0.25) is 9.36 Å². The summed E-state index contributed by atoms with van der Waals surface area (Å²) in [6.07, 6.45) is 8.00. The third kappa shape index (κ3) is 4.14. The van der Waals surface area contributed by atoms with E-state index < -0.39 is 0 Å². The normalized spacial score (nSPS) is 28.2. The van der Waals surface area contributed by atoms with Crippen LogP contribution in [0.1, 0.15) is 57.4 Å². The number of benzene rings is 1. The topological polar surface area (TPSA) is 71.0 Å². The lowest BCUT2D eigenvalue weighted by Crippen LogP contribution is -2.61. The van der Waals surface area contributed by atoms with Crippen LogP contribution in [-0.2, 0) is 17.9 Å². The molecule has 8 heteroatoms. The number of halogens is 1. The number of hydrogen-bond donors (Lipinski definition) is 1. The summed E-state index contributed by atoms with van der Waals surface area (Å²) in [5, 5.41) is 7.20. The second-order valence-electron chi connectivity index (χ2n) is 10.00. The third-order valence-corrected chi connectivity index (χ3v) is 8.59. The van der Waals surface area contributed by atoms with E-state index in [1.54, 1.807) is 16.7 Å². The van der Waals surface area contributed by atoms with Crippen LogP contribution >= 0.6 is 11.8 Å². The Labute approximate surface area is 192 Å². The Bertz CT molecular complexity index is 996. The molecule has 4 aliphatic carbocycles. The molecule has 4 bridgehead atoms. The molecule has 172 valence electrons. The highest BCUT2D eigenvalue weighted by Gasteiger charge is 2.54. The average molecular weight is 459 g/mol. The largest absolute Gasteiger partial charge is 0.343 e. The van der Waals surface area contributed by atoms with E-state index in [4.69, 9.17) is 0 Å². The average Bonchev–Trinajstić information content (AvgIpc) is 3.10. The molecule has 0 radical (unpaired) electrons. The van der Waals surface area contributed by atoms with Crippen LogP contribution in [0.4, 0.5) is 4.39 Å². The molecule has 4 fully saturated rings. The number of H-pyrrole nitrogens is 1. The highest BCUT2D eigenvalue weighted by molar-refractivity contribution is 7.99. The Balaban J connectivity index is 1.39. The van der Waals surface area contributed by atoms with Crippen molar-refractivity contribution in [2.45, 2.75) is 75.7 Å². The fourth-order valence-corrected chi connectivity index (χ4v) is 7.58. The van der Waals surface area contributed by atoms with Gasteiger partial charge in [0.05, 0.1) is 5.75 Å². The van der Waals surface area contributed by atoms with Gasteiger partial charge < -0.3 is 4.90 Å². The van der Waals surface area contributed by atoms with Crippen LogP contribution in [0.3, 0.4) is 0 Å². The van der Waals surface area contributed by atoms with Gasteiger partial charge in [0.15, 0.2) is 5.16 Å². The quantitative estimate of drug-likeness (QED) is 0.602. The molecule has 0 spiro atoms. The van der Waals surface area contributed by atoms with Crippen molar-refractivity contribution in [3.63, 3.8) is 0 Å². The summed E-state index contributed by atoms with van der Waals surface area (Å²) in [7, 11) is 0. The van der Waals surface area contributed by atoms with Crippen molar-refractivity contribution < 1.29 is 9.18 Å². The van der Waals surface area contributed by atoms with E-state index in [2.05, 4.69) is 15.1 Å². The minimum Gasteiger partial charge on any atom is -0.332 e. The minimum absolute atomic E-state index is 0.0831. The second-order valence-corrected chi connectivity index (χ2v) is 10.9. The molecule has 1 aromatic carbocycles. The predicted octanol–water partition coefficient (Wildman–Crippen LogP) is 4.21. The van der Waals surface area contributed by atoms with E-state index in [1.807, 2.05) is 6.92 Å². The number of aromatic nitrogens is 3. The molecule has 6 nitrogen and oxygen atoms in total. The maximum Gasteiger partial charge on any atom is 0.343 e.